The lowest BCUT2D eigenvalue weighted by Gasteiger charge is -2.38. The Bertz CT molecular complexity index is 433. The summed E-state index contributed by atoms with van der Waals surface area (Å²) in [7, 11) is 0. The van der Waals surface area contributed by atoms with Crippen LogP contribution in [0.3, 0.4) is 0 Å². The van der Waals surface area contributed by atoms with Gasteiger partial charge in [-0.3, -0.25) is 4.79 Å². The fourth-order valence-corrected chi connectivity index (χ4v) is 2.45. The molecule has 0 bridgehead atoms. The van der Waals surface area contributed by atoms with E-state index in [1.807, 2.05) is 18.4 Å². The highest BCUT2D eigenvalue weighted by atomic mass is 35.5. The van der Waals surface area contributed by atoms with Crippen molar-refractivity contribution in [2.45, 2.75) is 4.90 Å². The lowest BCUT2D eigenvalue weighted by molar-refractivity contribution is 0.0362. The third kappa shape index (κ3) is 2.59. The van der Waals surface area contributed by atoms with Crippen LogP contribution in [0.15, 0.2) is 23.1 Å². The van der Waals surface area contributed by atoms with Crippen molar-refractivity contribution < 1.29 is 9.90 Å². The molecule has 0 radical (unpaired) electrons. The quantitative estimate of drug-likeness (QED) is 0.856. The van der Waals surface area contributed by atoms with E-state index in [2.05, 4.69) is 0 Å². The minimum absolute atomic E-state index is 0.0457. The minimum Gasteiger partial charge on any atom is -0.396 e. The van der Waals surface area contributed by atoms with E-state index in [-0.39, 0.29) is 18.4 Å². The van der Waals surface area contributed by atoms with Gasteiger partial charge in [0.25, 0.3) is 5.91 Å². The Balaban J connectivity index is 2.14. The average Bonchev–Trinajstić information content (AvgIpc) is 2.28. The number of rotatable bonds is 3. The van der Waals surface area contributed by atoms with Crippen LogP contribution in [0.25, 0.3) is 0 Å². The molecule has 1 N–H and O–H groups in total. The molecule has 1 saturated heterocycles. The van der Waals surface area contributed by atoms with Crippen molar-refractivity contribution in [1.29, 1.82) is 0 Å². The van der Waals surface area contributed by atoms with Gasteiger partial charge in [-0.25, -0.2) is 0 Å². The minimum atomic E-state index is -0.0457. The number of aliphatic hydroxyl groups is 1. The standard InChI is InChI=1S/C12H14ClNO2S/c1-17-9-2-3-11(13)10(4-9)12(16)14-5-8(6-14)7-15/h2-4,8,15H,5-7H2,1H3. The summed E-state index contributed by atoms with van der Waals surface area (Å²) in [5, 5.41) is 9.41. The highest BCUT2D eigenvalue weighted by Crippen LogP contribution is 2.26. The second-order valence-electron chi connectivity index (χ2n) is 4.10. The molecule has 0 atom stereocenters. The van der Waals surface area contributed by atoms with Gasteiger partial charge in [0, 0.05) is 30.5 Å². The number of aliphatic hydroxyl groups excluding tert-OH is 1. The van der Waals surface area contributed by atoms with Gasteiger partial charge in [0.15, 0.2) is 0 Å². The molecule has 0 aliphatic carbocycles. The van der Waals surface area contributed by atoms with Gasteiger partial charge >= 0.3 is 0 Å². The van der Waals surface area contributed by atoms with Crippen LogP contribution in [-0.2, 0) is 0 Å². The van der Waals surface area contributed by atoms with Gasteiger partial charge in [0.05, 0.1) is 10.6 Å². The van der Waals surface area contributed by atoms with Crippen LogP contribution in [0.2, 0.25) is 5.02 Å². The predicted molar refractivity (Wildman–Crippen MR) is 69.7 cm³/mol. The van der Waals surface area contributed by atoms with E-state index in [0.717, 1.165) is 4.90 Å². The van der Waals surface area contributed by atoms with Crippen LogP contribution in [0.1, 0.15) is 10.4 Å². The SMILES string of the molecule is CSc1ccc(Cl)c(C(=O)N2CC(CO)C2)c1. The predicted octanol–water partition coefficient (Wildman–Crippen LogP) is 2.13. The molecule has 0 unspecified atom stereocenters. The summed E-state index contributed by atoms with van der Waals surface area (Å²) in [6.45, 7) is 1.38. The summed E-state index contributed by atoms with van der Waals surface area (Å²) >= 11 is 7.62. The topological polar surface area (TPSA) is 40.5 Å². The third-order valence-electron chi connectivity index (χ3n) is 2.91. The van der Waals surface area contributed by atoms with E-state index in [4.69, 9.17) is 16.7 Å². The van der Waals surface area contributed by atoms with Crippen LogP contribution in [0.4, 0.5) is 0 Å². The van der Waals surface area contributed by atoms with Crippen molar-refractivity contribution in [2.24, 2.45) is 5.92 Å². The molecule has 1 aromatic rings. The van der Waals surface area contributed by atoms with Crippen LogP contribution < -0.4 is 0 Å². The van der Waals surface area contributed by atoms with Crippen molar-refractivity contribution >= 4 is 29.3 Å². The van der Waals surface area contributed by atoms with Crippen LogP contribution in [0, 0.1) is 5.92 Å². The molecule has 1 aliphatic rings. The van der Waals surface area contributed by atoms with Gasteiger partial charge in [-0.2, -0.15) is 0 Å². The van der Waals surface area contributed by atoms with Gasteiger partial charge < -0.3 is 10.0 Å². The number of likely N-dealkylation sites (tertiary alicyclic amines) is 1. The Hall–Kier alpha value is -0.710. The van der Waals surface area contributed by atoms with Gasteiger partial charge in [-0.1, -0.05) is 11.6 Å². The Morgan fingerprint density at radius 2 is 2.29 bits per heavy atom. The first-order chi connectivity index (χ1) is 8.15. The first-order valence-electron chi connectivity index (χ1n) is 5.39. The number of carbonyl (C=O) groups is 1. The van der Waals surface area contributed by atoms with E-state index in [1.54, 1.807) is 22.7 Å². The van der Waals surface area contributed by atoms with E-state index in [0.29, 0.717) is 23.7 Å². The van der Waals surface area contributed by atoms with E-state index >= 15 is 0 Å². The molecular formula is C12H14ClNO2S. The Kier molecular flexibility index (Phi) is 3.97. The molecule has 1 aliphatic heterocycles. The monoisotopic (exact) mass is 271 g/mol. The maximum Gasteiger partial charge on any atom is 0.255 e. The highest BCUT2D eigenvalue weighted by Gasteiger charge is 2.31. The molecule has 0 saturated carbocycles. The molecule has 2 rings (SSSR count). The number of hydrogen-bond donors (Lipinski definition) is 1. The smallest absolute Gasteiger partial charge is 0.255 e. The van der Waals surface area contributed by atoms with Crippen molar-refractivity contribution in [3.05, 3.63) is 28.8 Å². The van der Waals surface area contributed by atoms with Crippen LogP contribution >= 0.6 is 23.4 Å². The van der Waals surface area contributed by atoms with E-state index < -0.39 is 0 Å². The van der Waals surface area contributed by atoms with Crippen molar-refractivity contribution in [2.75, 3.05) is 26.0 Å². The van der Waals surface area contributed by atoms with Crippen LogP contribution in [-0.4, -0.2) is 41.9 Å². The summed E-state index contributed by atoms with van der Waals surface area (Å²) in [4.78, 5) is 14.9. The zero-order valence-corrected chi connectivity index (χ0v) is 11.1. The number of hydrogen-bond acceptors (Lipinski definition) is 3. The molecule has 0 aromatic heterocycles. The largest absolute Gasteiger partial charge is 0.396 e. The summed E-state index contributed by atoms with van der Waals surface area (Å²) in [5.74, 6) is 0.178. The van der Waals surface area contributed by atoms with Crippen molar-refractivity contribution in [1.82, 2.24) is 4.90 Å². The second kappa shape index (κ2) is 5.29. The normalized spacial score (nSPS) is 15.8. The molecule has 3 nitrogen and oxygen atoms in total. The number of nitrogens with zero attached hydrogens (tertiary/aromatic N) is 1. The molecule has 1 amide bonds. The number of thioether (sulfide) groups is 1. The van der Waals surface area contributed by atoms with Gasteiger partial charge in [0.1, 0.15) is 0 Å². The van der Waals surface area contributed by atoms with E-state index in [9.17, 15) is 4.79 Å². The Morgan fingerprint density at radius 1 is 1.59 bits per heavy atom. The number of benzene rings is 1. The van der Waals surface area contributed by atoms with Gasteiger partial charge in [-0.15, -0.1) is 11.8 Å². The molecule has 0 spiro atoms. The third-order valence-corrected chi connectivity index (χ3v) is 3.96. The first-order valence-corrected chi connectivity index (χ1v) is 6.99. The lowest BCUT2D eigenvalue weighted by atomic mass is 10.00. The first kappa shape index (κ1) is 12.7. The maximum atomic E-state index is 12.1. The fraction of sp³-hybridized carbons (Fsp3) is 0.417. The number of halogens is 1. The molecule has 1 heterocycles. The molecule has 92 valence electrons. The fourth-order valence-electron chi connectivity index (χ4n) is 1.82. The van der Waals surface area contributed by atoms with Crippen molar-refractivity contribution in [3.63, 3.8) is 0 Å². The zero-order valence-electron chi connectivity index (χ0n) is 9.52. The molecule has 1 fully saturated rings. The molecule has 1 aromatic carbocycles. The van der Waals surface area contributed by atoms with Gasteiger partial charge in [0.2, 0.25) is 0 Å². The van der Waals surface area contributed by atoms with E-state index in [1.165, 1.54) is 0 Å². The molecular weight excluding hydrogens is 258 g/mol. The summed E-state index contributed by atoms with van der Waals surface area (Å²) in [5.41, 5.74) is 0.551. The Morgan fingerprint density at radius 3 is 2.88 bits per heavy atom. The summed E-state index contributed by atoms with van der Waals surface area (Å²) in [6.07, 6.45) is 1.96. The number of carbonyl (C=O) groups excluding carboxylic acids is 1. The summed E-state index contributed by atoms with van der Waals surface area (Å²) < 4.78 is 0. The zero-order chi connectivity index (χ0) is 12.4. The number of amides is 1. The lowest BCUT2D eigenvalue weighted by Crippen LogP contribution is -2.51. The van der Waals surface area contributed by atoms with Crippen LogP contribution in [0.5, 0.6) is 0 Å². The van der Waals surface area contributed by atoms with Gasteiger partial charge in [-0.05, 0) is 24.5 Å². The Labute approximate surface area is 110 Å². The highest BCUT2D eigenvalue weighted by molar-refractivity contribution is 7.98. The summed E-state index contributed by atoms with van der Waals surface area (Å²) in [6, 6.07) is 5.47. The molecule has 17 heavy (non-hydrogen) atoms. The second-order valence-corrected chi connectivity index (χ2v) is 5.39. The average molecular weight is 272 g/mol. The molecule has 5 heteroatoms. The maximum absolute atomic E-state index is 12.1. The van der Waals surface area contributed by atoms with Crippen molar-refractivity contribution in [3.8, 4) is 0 Å².